The summed E-state index contributed by atoms with van der Waals surface area (Å²) in [6.45, 7) is 4.26. The van der Waals surface area contributed by atoms with Gasteiger partial charge in [0, 0.05) is 12.8 Å². The van der Waals surface area contributed by atoms with Crippen LogP contribution in [-0.4, -0.2) is 16.9 Å². The maximum absolute atomic E-state index is 11.8. The quantitative estimate of drug-likeness (QED) is 0.498. The molecule has 0 bridgehead atoms. The highest BCUT2D eigenvalue weighted by molar-refractivity contribution is 5.83. The molecule has 0 fully saturated rings. The summed E-state index contributed by atoms with van der Waals surface area (Å²) in [4.78, 5) is 22.9. The van der Waals surface area contributed by atoms with Gasteiger partial charge in [-0.15, -0.1) is 0 Å². The van der Waals surface area contributed by atoms with E-state index in [1.165, 1.54) is 19.3 Å². The number of rotatable bonds is 13. The molecule has 0 amide bonds. The van der Waals surface area contributed by atoms with Gasteiger partial charge in [-0.2, -0.15) is 0 Å². The summed E-state index contributed by atoms with van der Waals surface area (Å²) in [5.74, 6) is -1.15. The van der Waals surface area contributed by atoms with Gasteiger partial charge in [0.1, 0.15) is 5.78 Å². The van der Waals surface area contributed by atoms with E-state index in [1.54, 1.807) is 0 Å². The Bertz CT molecular complexity index is 248. The minimum Gasteiger partial charge on any atom is -0.481 e. The van der Waals surface area contributed by atoms with Gasteiger partial charge >= 0.3 is 5.97 Å². The normalized spacial score (nSPS) is 12.3. The largest absolute Gasteiger partial charge is 0.481 e. The van der Waals surface area contributed by atoms with Crippen LogP contribution in [0.4, 0.5) is 0 Å². The molecule has 0 aromatic carbocycles. The van der Waals surface area contributed by atoms with Crippen molar-refractivity contribution in [3.63, 3.8) is 0 Å². The monoisotopic (exact) mass is 270 g/mol. The maximum atomic E-state index is 11.8. The SMILES string of the molecule is CCCCCCCC(=O)CC(CCCCC)C(=O)O. The zero-order valence-corrected chi connectivity index (χ0v) is 12.6. The van der Waals surface area contributed by atoms with Crippen LogP contribution >= 0.6 is 0 Å². The zero-order chi connectivity index (χ0) is 14.5. The molecule has 0 aliphatic carbocycles. The van der Waals surface area contributed by atoms with E-state index >= 15 is 0 Å². The van der Waals surface area contributed by atoms with Crippen molar-refractivity contribution in [3.8, 4) is 0 Å². The smallest absolute Gasteiger partial charge is 0.306 e. The lowest BCUT2D eigenvalue weighted by Gasteiger charge is -2.11. The lowest BCUT2D eigenvalue weighted by atomic mass is 9.94. The average Bonchev–Trinajstić information content (AvgIpc) is 2.37. The summed E-state index contributed by atoms with van der Waals surface area (Å²) in [6, 6.07) is 0. The summed E-state index contributed by atoms with van der Waals surface area (Å²) in [5, 5.41) is 9.11. The van der Waals surface area contributed by atoms with Crippen molar-refractivity contribution >= 4 is 11.8 Å². The van der Waals surface area contributed by atoms with Crippen molar-refractivity contribution in [1.29, 1.82) is 0 Å². The molecule has 0 spiro atoms. The van der Waals surface area contributed by atoms with Crippen LogP contribution in [-0.2, 0) is 9.59 Å². The van der Waals surface area contributed by atoms with Crippen molar-refractivity contribution in [2.75, 3.05) is 0 Å². The van der Waals surface area contributed by atoms with E-state index in [0.29, 0.717) is 12.8 Å². The van der Waals surface area contributed by atoms with Gasteiger partial charge in [-0.1, -0.05) is 58.8 Å². The molecule has 1 N–H and O–H groups in total. The Balaban J connectivity index is 3.80. The van der Waals surface area contributed by atoms with Crippen LogP contribution in [0.1, 0.15) is 84.5 Å². The second-order valence-corrected chi connectivity index (χ2v) is 5.44. The van der Waals surface area contributed by atoms with Gasteiger partial charge < -0.3 is 5.11 Å². The molecule has 19 heavy (non-hydrogen) atoms. The van der Waals surface area contributed by atoms with E-state index in [9.17, 15) is 9.59 Å². The van der Waals surface area contributed by atoms with Gasteiger partial charge in [0.2, 0.25) is 0 Å². The van der Waals surface area contributed by atoms with Crippen LogP contribution in [0.15, 0.2) is 0 Å². The van der Waals surface area contributed by atoms with Crippen LogP contribution in [0.5, 0.6) is 0 Å². The number of hydrogen-bond donors (Lipinski definition) is 1. The standard InChI is InChI=1S/C16H30O3/c1-3-5-7-8-10-12-15(17)13-14(16(18)19)11-9-6-4-2/h14H,3-13H2,1-2H3,(H,18,19). The lowest BCUT2D eigenvalue weighted by molar-refractivity contribution is -0.144. The molecule has 0 radical (unpaired) electrons. The molecule has 0 saturated carbocycles. The zero-order valence-electron chi connectivity index (χ0n) is 12.6. The third-order valence-electron chi connectivity index (χ3n) is 3.54. The third kappa shape index (κ3) is 10.7. The van der Waals surface area contributed by atoms with Gasteiger partial charge in [-0.05, 0) is 12.8 Å². The molecule has 112 valence electrons. The van der Waals surface area contributed by atoms with E-state index < -0.39 is 11.9 Å². The predicted octanol–water partition coefficient (Wildman–Crippen LogP) is 4.59. The van der Waals surface area contributed by atoms with Crippen molar-refractivity contribution in [2.45, 2.75) is 84.5 Å². The van der Waals surface area contributed by atoms with Crippen LogP contribution in [0, 0.1) is 5.92 Å². The van der Waals surface area contributed by atoms with Crippen LogP contribution < -0.4 is 0 Å². The van der Waals surface area contributed by atoms with Crippen molar-refractivity contribution in [2.24, 2.45) is 5.92 Å². The van der Waals surface area contributed by atoms with E-state index in [-0.39, 0.29) is 12.2 Å². The van der Waals surface area contributed by atoms with Crippen molar-refractivity contribution in [1.82, 2.24) is 0 Å². The number of carbonyl (C=O) groups is 2. The average molecular weight is 270 g/mol. The van der Waals surface area contributed by atoms with E-state index in [0.717, 1.165) is 32.1 Å². The van der Waals surface area contributed by atoms with Crippen molar-refractivity contribution < 1.29 is 14.7 Å². The van der Waals surface area contributed by atoms with Gasteiger partial charge in [-0.25, -0.2) is 0 Å². The van der Waals surface area contributed by atoms with Crippen LogP contribution in [0.2, 0.25) is 0 Å². The number of carbonyl (C=O) groups excluding carboxylic acids is 1. The molecular weight excluding hydrogens is 240 g/mol. The second-order valence-electron chi connectivity index (χ2n) is 5.44. The highest BCUT2D eigenvalue weighted by Crippen LogP contribution is 2.17. The fraction of sp³-hybridized carbons (Fsp3) is 0.875. The van der Waals surface area contributed by atoms with Gasteiger partial charge in [0.25, 0.3) is 0 Å². The molecule has 1 atom stereocenters. The van der Waals surface area contributed by atoms with Crippen LogP contribution in [0.3, 0.4) is 0 Å². The number of carboxylic acids is 1. The maximum Gasteiger partial charge on any atom is 0.306 e. The predicted molar refractivity (Wildman–Crippen MR) is 78.3 cm³/mol. The molecule has 0 heterocycles. The Kier molecular flexibility index (Phi) is 11.6. The topological polar surface area (TPSA) is 54.4 Å². The molecule has 3 heteroatoms. The summed E-state index contributed by atoms with van der Waals surface area (Å²) in [6.07, 6.45) is 10.1. The van der Waals surface area contributed by atoms with Gasteiger partial charge in [0.15, 0.2) is 0 Å². The molecule has 0 aromatic heterocycles. The minimum atomic E-state index is -0.810. The molecule has 0 aromatic rings. The molecule has 1 unspecified atom stereocenters. The Hall–Kier alpha value is -0.860. The highest BCUT2D eigenvalue weighted by Gasteiger charge is 2.20. The number of hydrogen-bond acceptors (Lipinski definition) is 2. The number of unbranched alkanes of at least 4 members (excludes halogenated alkanes) is 6. The first-order chi connectivity index (χ1) is 9.11. The number of Topliss-reactive ketones (excluding diaryl/α,β-unsaturated/α-hetero) is 1. The van der Waals surface area contributed by atoms with E-state index in [1.807, 2.05) is 0 Å². The summed E-state index contributed by atoms with van der Waals surface area (Å²) >= 11 is 0. The lowest BCUT2D eigenvalue weighted by Crippen LogP contribution is -2.18. The molecule has 3 nitrogen and oxygen atoms in total. The summed E-state index contributed by atoms with van der Waals surface area (Å²) in [7, 11) is 0. The first-order valence-electron chi connectivity index (χ1n) is 7.86. The van der Waals surface area contributed by atoms with Gasteiger partial charge in [0.05, 0.1) is 5.92 Å². The van der Waals surface area contributed by atoms with E-state index in [4.69, 9.17) is 5.11 Å². The fourth-order valence-electron chi connectivity index (χ4n) is 2.26. The summed E-state index contributed by atoms with van der Waals surface area (Å²) in [5.41, 5.74) is 0. The molecular formula is C16H30O3. The Morgan fingerprint density at radius 3 is 2.05 bits per heavy atom. The second kappa shape index (κ2) is 12.2. The van der Waals surface area contributed by atoms with Gasteiger partial charge in [-0.3, -0.25) is 9.59 Å². The third-order valence-corrected chi connectivity index (χ3v) is 3.54. The Morgan fingerprint density at radius 1 is 0.895 bits per heavy atom. The number of ketones is 1. The molecule has 0 rings (SSSR count). The first-order valence-corrected chi connectivity index (χ1v) is 7.86. The van der Waals surface area contributed by atoms with E-state index in [2.05, 4.69) is 13.8 Å². The Labute approximate surface area is 117 Å². The molecule has 0 saturated heterocycles. The fourth-order valence-corrected chi connectivity index (χ4v) is 2.26. The van der Waals surface area contributed by atoms with Crippen LogP contribution in [0.25, 0.3) is 0 Å². The molecule has 0 aliphatic heterocycles. The summed E-state index contributed by atoms with van der Waals surface area (Å²) < 4.78 is 0. The minimum absolute atomic E-state index is 0.125. The number of aliphatic carboxylic acids is 1. The van der Waals surface area contributed by atoms with Crippen molar-refractivity contribution in [3.05, 3.63) is 0 Å². The Morgan fingerprint density at radius 2 is 1.47 bits per heavy atom. The number of carboxylic acid groups (broad SMARTS) is 1. The molecule has 0 aliphatic rings. The highest BCUT2D eigenvalue weighted by atomic mass is 16.4. The first kappa shape index (κ1) is 18.1.